The molecule has 1 aromatic heterocycles. The van der Waals surface area contributed by atoms with Crippen LogP contribution in [0.15, 0.2) is 62.8 Å². The molecule has 0 bridgehead atoms. The Balaban J connectivity index is 1.84. The molecule has 1 saturated heterocycles. The second kappa shape index (κ2) is 6.86. The molecule has 0 radical (unpaired) electrons. The van der Waals surface area contributed by atoms with Gasteiger partial charge in [-0.15, -0.1) is 6.58 Å². The van der Waals surface area contributed by atoms with E-state index in [1.807, 2.05) is 36.4 Å². The summed E-state index contributed by atoms with van der Waals surface area (Å²) in [5.41, 5.74) is 0.979. The largest absolute Gasteiger partial charge is 0.457 e. The molecule has 1 aromatic carbocycles. The van der Waals surface area contributed by atoms with Crippen LogP contribution in [0.4, 0.5) is 0 Å². The van der Waals surface area contributed by atoms with E-state index in [-0.39, 0.29) is 5.91 Å². The minimum atomic E-state index is -0.110. The molecule has 0 aliphatic carbocycles. The van der Waals surface area contributed by atoms with Crippen LogP contribution in [0.1, 0.15) is 5.76 Å². The molecule has 6 heteroatoms. The van der Waals surface area contributed by atoms with Gasteiger partial charge in [0.25, 0.3) is 5.91 Å². The minimum Gasteiger partial charge on any atom is -0.457 e. The zero-order valence-electron chi connectivity index (χ0n) is 12.0. The molecule has 1 fully saturated rings. The van der Waals surface area contributed by atoms with E-state index in [0.717, 1.165) is 15.8 Å². The highest BCUT2D eigenvalue weighted by molar-refractivity contribution is 9.10. The van der Waals surface area contributed by atoms with Gasteiger partial charge in [-0.25, -0.2) is 0 Å². The highest BCUT2D eigenvalue weighted by atomic mass is 79.9. The smallest absolute Gasteiger partial charge is 0.266 e. The number of thioether (sulfide) groups is 1. The molecule has 2 aromatic rings. The van der Waals surface area contributed by atoms with Gasteiger partial charge in [0.1, 0.15) is 15.8 Å². The van der Waals surface area contributed by atoms with Crippen molar-refractivity contribution in [2.24, 2.45) is 0 Å². The quantitative estimate of drug-likeness (QED) is 0.402. The van der Waals surface area contributed by atoms with Crippen LogP contribution in [0.3, 0.4) is 0 Å². The van der Waals surface area contributed by atoms with Crippen molar-refractivity contribution < 1.29 is 9.21 Å². The zero-order valence-corrected chi connectivity index (χ0v) is 15.2. The molecule has 116 valence electrons. The third-order valence-corrected chi connectivity index (χ3v) is 5.12. The second-order valence-corrected chi connectivity index (χ2v) is 7.38. The summed E-state index contributed by atoms with van der Waals surface area (Å²) in [5, 5.41) is 0. The number of rotatable bonds is 4. The fourth-order valence-electron chi connectivity index (χ4n) is 2.12. The summed E-state index contributed by atoms with van der Waals surface area (Å²) >= 11 is 9.90. The van der Waals surface area contributed by atoms with Crippen LogP contribution in [0.2, 0.25) is 0 Å². The van der Waals surface area contributed by atoms with E-state index in [9.17, 15) is 4.79 Å². The molecule has 2 heterocycles. The number of hydrogen-bond donors (Lipinski definition) is 0. The molecule has 1 aliphatic rings. The number of carbonyl (C=O) groups is 1. The van der Waals surface area contributed by atoms with E-state index in [1.54, 1.807) is 12.2 Å². The Labute approximate surface area is 152 Å². The van der Waals surface area contributed by atoms with E-state index in [1.165, 1.54) is 16.7 Å². The van der Waals surface area contributed by atoms with Gasteiger partial charge in [-0.3, -0.25) is 9.69 Å². The van der Waals surface area contributed by atoms with Crippen molar-refractivity contribution in [3.8, 4) is 11.3 Å². The van der Waals surface area contributed by atoms with Crippen LogP contribution >= 0.6 is 39.9 Å². The summed E-state index contributed by atoms with van der Waals surface area (Å²) < 4.78 is 7.37. The summed E-state index contributed by atoms with van der Waals surface area (Å²) in [7, 11) is 0. The summed E-state index contributed by atoms with van der Waals surface area (Å²) in [6.45, 7) is 4.06. The summed E-state index contributed by atoms with van der Waals surface area (Å²) in [5.74, 6) is 1.27. The first-order valence-electron chi connectivity index (χ1n) is 6.80. The Morgan fingerprint density at radius 1 is 1.26 bits per heavy atom. The van der Waals surface area contributed by atoms with Gasteiger partial charge >= 0.3 is 0 Å². The number of amides is 1. The molecule has 0 spiro atoms. The summed E-state index contributed by atoms with van der Waals surface area (Å²) in [4.78, 5) is 14.4. The van der Waals surface area contributed by atoms with Crippen LogP contribution in [0.5, 0.6) is 0 Å². The molecule has 0 saturated carbocycles. The van der Waals surface area contributed by atoms with Gasteiger partial charge < -0.3 is 4.42 Å². The molecule has 3 nitrogen and oxygen atoms in total. The van der Waals surface area contributed by atoms with E-state index >= 15 is 0 Å². The van der Waals surface area contributed by atoms with E-state index in [4.69, 9.17) is 16.6 Å². The van der Waals surface area contributed by atoms with E-state index in [2.05, 4.69) is 22.5 Å². The number of thiocarbonyl (C=S) groups is 1. The molecule has 1 amide bonds. The van der Waals surface area contributed by atoms with Crippen LogP contribution in [-0.4, -0.2) is 21.7 Å². The topological polar surface area (TPSA) is 33.5 Å². The van der Waals surface area contributed by atoms with Gasteiger partial charge in [-0.1, -0.05) is 58.1 Å². The number of hydrogen-bond acceptors (Lipinski definition) is 4. The summed E-state index contributed by atoms with van der Waals surface area (Å²) in [6.07, 6.45) is 3.39. The average Bonchev–Trinajstić information content (AvgIpc) is 3.09. The van der Waals surface area contributed by atoms with E-state index in [0.29, 0.717) is 21.5 Å². The molecular weight excluding hydrogens is 394 g/mol. The number of nitrogens with zero attached hydrogens (tertiary/aromatic N) is 1. The Bertz CT molecular complexity index is 808. The minimum absolute atomic E-state index is 0.110. The third kappa shape index (κ3) is 3.49. The maximum absolute atomic E-state index is 12.3. The normalized spacial score (nSPS) is 16.4. The number of benzene rings is 1. The Morgan fingerprint density at radius 2 is 2.00 bits per heavy atom. The predicted octanol–water partition coefficient (Wildman–Crippen LogP) is 5.10. The Kier molecular flexibility index (Phi) is 4.84. The second-order valence-electron chi connectivity index (χ2n) is 4.79. The van der Waals surface area contributed by atoms with Crippen LogP contribution in [0, 0.1) is 0 Å². The monoisotopic (exact) mass is 405 g/mol. The van der Waals surface area contributed by atoms with Gasteiger partial charge in [-0.2, -0.15) is 0 Å². The van der Waals surface area contributed by atoms with Crippen molar-refractivity contribution in [3.63, 3.8) is 0 Å². The highest BCUT2D eigenvalue weighted by Crippen LogP contribution is 2.33. The van der Waals surface area contributed by atoms with Crippen molar-refractivity contribution in [2.75, 3.05) is 6.54 Å². The fourth-order valence-corrected chi connectivity index (χ4v) is 3.63. The van der Waals surface area contributed by atoms with Crippen molar-refractivity contribution in [3.05, 3.63) is 64.2 Å². The zero-order chi connectivity index (χ0) is 16.4. The van der Waals surface area contributed by atoms with E-state index < -0.39 is 0 Å². The van der Waals surface area contributed by atoms with Crippen molar-refractivity contribution in [2.45, 2.75) is 0 Å². The maximum atomic E-state index is 12.3. The van der Waals surface area contributed by atoms with Gasteiger partial charge in [-0.05, 0) is 24.3 Å². The molecule has 0 N–H and O–H groups in total. The first-order chi connectivity index (χ1) is 11.1. The van der Waals surface area contributed by atoms with Gasteiger partial charge in [0.05, 0.1) is 4.91 Å². The SMILES string of the molecule is C=CCN1C(=O)/C(=C\c2ccc(-c3ccc(Br)cc3)o2)SC1=S. The lowest BCUT2D eigenvalue weighted by atomic mass is 10.2. The lowest BCUT2D eigenvalue weighted by Gasteiger charge is -2.10. The number of carbonyl (C=O) groups excluding carboxylic acids is 1. The molecule has 1 aliphatic heterocycles. The van der Waals surface area contributed by atoms with Crippen LogP contribution < -0.4 is 0 Å². The van der Waals surface area contributed by atoms with Crippen molar-refractivity contribution in [1.29, 1.82) is 0 Å². The Hall–Kier alpha value is -1.63. The molecule has 23 heavy (non-hydrogen) atoms. The lowest BCUT2D eigenvalue weighted by molar-refractivity contribution is -0.121. The number of furan rings is 1. The maximum Gasteiger partial charge on any atom is 0.266 e. The first-order valence-corrected chi connectivity index (χ1v) is 8.82. The van der Waals surface area contributed by atoms with Crippen LogP contribution in [-0.2, 0) is 4.79 Å². The van der Waals surface area contributed by atoms with Gasteiger partial charge in [0.2, 0.25) is 0 Å². The predicted molar refractivity (Wildman–Crippen MR) is 102 cm³/mol. The van der Waals surface area contributed by atoms with Crippen molar-refractivity contribution in [1.82, 2.24) is 4.90 Å². The first kappa shape index (κ1) is 16.2. The van der Waals surface area contributed by atoms with Crippen molar-refractivity contribution >= 4 is 56.2 Å². The average molecular weight is 406 g/mol. The molecule has 0 atom stereocenters. The van der Waals surface area contributed by atoms with Gasteiger partial charge in [0.15, 0.2) is 0 Å². The number of halogens is 1. The highest BCUT2D eigenvalue weighted by Gasteiger charge is 2.31. The lowest BCUT2D eigenvalue weighted by Crippen LogP contribution is -2.27. The molecule has 3 rings (SSSR count). The Morgan fingerprint density at radius 3 is 2.70 bits per heavy atom. The van der Waals surface area contributed by atoms with Crippen LogP contribution in [0.25, 0.3) is 17.4 Å². The summed E-state index contributed by atoms with van der Waals surface area (Å²) in [6, 6.07) is 11.6. The standard InChI is InChI=1S/C17H12BrNO2S2/c1-2-9-19-16(20)15(23-17(19)22)10-13-7-8-14(21-13)11-3-5-12(18)6-4-11/h2-8,10H,1,9H2/b15-10+. The molecular formula is C17H12BrNO2S2. The third-order valence-electron chi connectivity index (χ3n) is 3.21. The fraction of sp³-hybridized carbons (Fsp3) is 0.0588. The van der Waals surface area contributed by atoms with Gasteiger partial charge in [0, 0.05) is 22.7 Å². The molecule has 0 unspecified atom stereocenters.